The Morgan fingerprint density at radius 1 is 1.26 bits per heavy atom. The minimum Gasteiger partial charge on any atom is -0.377 e. The van der Waals surface area contributed by atoms with Crippen LogP contribution in [-0.4, -0.2) is 38.4 Å². The third kappa shape index (κ3) is 4.44. The number of carbonyl (C=O) groups excluding carboxylic acids is 1. The van der Waals surface area contributed by atoms with Crippen LogP contribution in [0.2, 0.25) is 0 Å². The first-order valence-corrected chi connectivity index (χ1v) is 8.29. The second kappa shape index (κ2) is 6.30. The molecule has 1 fully saturated rings. The summed E-state index contributed by atoms with van der Waals surface area (Å²) in [6.07, 6.45) is 1.57. The van der Waals surface area contributed by atoms with Crippen LogP contribution in [0, 0.1) is 0 Å². The fraction of sp³-hybridized carbons (Fsp3) is 0.500. The van der Waals surface area contributed by atoms with Crippen molar-refractivity contribution in [2.24, 2.45) is 0 Å². The van der Waals surface area contributed by atoms with E-state index in [0.717, 1.165) is 12.8 Å². The second-order valence-corrected chi connectivity index (χ2v) is 7.02. The molecule has 1 unspecified atom stereocenters. The van der Waals surface area contributed by atoms with Crippen molar-refractivity contribution in [3.05, 3.63) is 35.9 Å². The average molecular weight is 282 g/mol. The first kappa shape index (κ1) is 14.2. The van der Waals surface area contributed by atoms with E-state index in [2.05, 4.69) is 0 Å². The van der Waals surface area contributed by atoms with Crippen molar-refractivity contribution < 1.29 is 17.9 Å². The van der Waals surface area contributed by atoms with E-state index >= 15 is 0 Å². The van der Waals surface area contributed by atoms with Crippen LogP contribution in [0.5, 0.6) is 0 Å². The lowest BCUT2D eigenvalue weighted by Gasteiger charge is -2.09. The molecule has 2 rings (SSSR count). The Morgan fingerprint density at radius 3 is 2.63 bits per heavy atom. The molecule has 1 aliphatic heterocycles. The number of hydrogen-bond donors (Lipinski definition) is 0. The van der Waals surface area contributed by atoms with Crippen LogP contribution in [0.25, 0.3) is 0 Å². The highest BCUT2D eigenvalue weighted by Crippen LogP contribution is 2.15. The quantitative estimate of drug-likeness (QED) is 0.747. The van der Waals surface area contributed by atoms with Gasteiger partial charge in [0.15, 0.2) is 15.6 Å². The van der Waals surface area contributed by atoms with Crippen LogP contribution in [0.3, 0.4) is 0 Å². The van der Waals surface area contributed by atoms with Gasteiger partial charge in [0.25, 0.3) is 0 Å². The van der Waals surface area contributed by atoms with Crippen molar-refractivity contribution in [2.75, 3.05) is 18.1 Å². The van der Waals surface area contributed by atoms with Crippen molar-refractivity contribution in [3.63, 3.8) is 0 Å². The third-order valence-corrected chi connectivity index (χ3v) is 4.91. The second-order valence-electron chi connectivity index (χ2n) is 4.79. The molecule has 0 saturated carbocycles. The number of ketones is 1. The maximum atomic E-state index is 11.9. The maximum absolute atomic E-state index is 11.9. The van der Waals surface area contributed by atoms with Crippen molar-refractivity contribution in [2.45, 2.75) is 25.4 Å². The molecule has 0 N–H and O–H groups in total. The fourth-order valence-corrected chi connectivity index (χ4v) is 3.65. The summed E-state index contributed by atoms with van der Waals surface area (Å²) in [5, 5.41) is 0. The predicted octanol–water partition coefficient (Wildman–Crippen LogP) is 1.85. The third-order valence-electron chi connectivity index (χ3n) is 3.20. The standard InChI is InChI=1S/C14H18O4S/c15-14(12-5-2-1-3-6-12)8-10-19(16,17)11-13-7-4-9-18-13/h1-3,5-6,13H,4,7-11H2. The summed E-state index contributed by atoms with van der Waals surface area (Å²) >= 11 is 0. The first-order valence-electron chi connectivity index (χ1n) is 6.47. The van der Waals surface area contributed by atoms with E-state index < -0.39 is 9.84 Å². The van der Waals surface area contributed by atoms with Crippen LogP contribution in [-0.2, 0) is 14.6 Å². The van der Waals surface area contributed by atoms with Gasteiger partial charge in [-0.3, -0.25) is 4.79 Å². The number of Topliss-reactive ketones (excluding diaryl/α,β-unsaturated/α-hetero) is 1. The summed E-state index contributed by atoms with van der Waals surface area (Å²) in [6.45, 7) is 0.642. The van der Waals surface area contributed by atoms with Crippen molar-refractivity contribution in [3.8, 4) is 0 Å². The monoisotopic (exact) mass is 282 g/mol. The Hall–Kier alpha value is -1.20. The zero-order valence-electron chi connectivity index (χ0n) is 10.7. The zero-order chi connectivity index (χ0) is 13.7. The van der Waals surface area contributed by atoms with Gasteiger partial charge in [-0.2, -0.15) is 0 Å². The summed E-state index contributed by atoms with van der Waals surface area (Å²) in [4.78, 5) is 11.8. The van der Waals surface area contributed by atoms with E-state index in [1.165, 1.54) is 0 Å². The van der Waals surface area contributed by atoms with Gasteiger partial charge in [0.1, 0.15) is 0 Å². The van der Waals surface area contributed by atoms with Gasteiger partial charge in [0.2, 0.25) is 0 Å². The van der Waals surface area contributed by atoms with Gasteiger partial charge in [-0.05, 0) is 12.8 Å². The lowest BCUT2D eigenvalue weighted by Crippen LogP contribution is -2.23. The Labute approximate surface area is 113 Å². The van der Waals surface area contributed by atoms with E-state index in [9.17, 15) is 13.2 Å². The van der Waals surface area contributed by atoms with Crippen LogP contribution < -0.4 is 0 Å². The Balaban J connectivity index is 1.85. The average Bonchev–Trinajstić information content (AvgIpc) is 2.89. The number of ether oxygens (including phenoxy) is 1. The molecular weight excluding hydrogens is 264 g/mol. The molecule has 104 valence electrons. The van der Waals surface area contributed by atoms with E-state index in [4.69, 9.17) is 4.74 Å². The molecule has 0 radical (unpaired) electrons. The summed E-state index contributed by atoms with van der Waals surface area (Å²) < 4.78 is 29.1. The van der Waals surface area contributed by atoms with Crippen LogP contribution >= 0.6 is 0 Å². The van der Waals surface area contributed by atoms with Gasteiger partial charge in [0.05, 0.1) is 17.6 Å². The molecule has 0 amide bonds. The summed E-state index contributed by atoms with van der Waals surface area (Å²) in [6, 6.07) is 8.78. The molecule has 1 saturated heterocycles. The normalized spacial score (nSPS) is 19.5. The van der Waals surface area contributed by atoms with Crippen molar-refractivity contribution >= 4 is 15.6 Å². The maximum Gasteiger partial charge on any atom is 0.163 e. The zero-order valence-corrected chi connectivity index (χ0v) is 11.6. The van der Waals surface area contributed by atoms with E-state index in [1.807, 2.05) is 6.07 Å². The molecule has 4 nitrogen and oxygen atoms in total. The predicted molar refractivity (Wildman–Crippen MR) is 73.0 cm³/mol. The van der Waals surface area contributed by atoms with Gasteiger partial charge in [-0.1, -0.05) is 30.3 Å². The van der Waals surface area contributed by atoms with Gasteiger partial charge < -0.3 is 4.74 Å². The minimum absolute atomic E-state index is 0.0368. The largest absolute Gasteiger partial charge is 0.377 e. The number of sulfone groups is 1. The summed E-state index contributed by atoms with van der Waals surface area (Å²) in [5.74, 6) is -0.188. The molecule has 19 heavy (non-hydrogen) atoms. The summed E-state index contributed by atoms with van der Waals surface area (Å²) in [7, 11) is -3.21. The van der Waals surface area contributed by atoms with Crippen molar-refractivity contribution in [1.82, 2.24) is 0 Å². The van der Waals surface area contributed by atoms with Gasteiger partial charge >= 0.3 is 0 Å². The highest BCUT2D eigenvalue weighted by Gasteiger charge is 2.23. The number of hydrogen-bond acceptors (Lipinski definition) is 4. The summed E-state index contributed by atoms with van der Waals surface area (Å²) in [5.41, 5.74) is 0.565. The Morgan fingerprint density at radius 2 is 2.00 bits per heavy atom. The smallest absolute Gasteiger partial charge is 0.163 e. The molecule has 1 aromatic carbocycles. The molecular formula is C14H18O4S. The van der Waals surface area contributed by atoms with Gasteiger partial charge in [-0.15, -0.1) is 0 Å². The van der Waals surface area contributed by atoms with Gasteiger partial charge in [0, 0.05) is 18.6 Å². The number of benzene rings is 1. The Kier molecular flexibility index (Phi) is 4.71. The molecule has 1 aromatic rings. The van der Waals surface area contributed by atoms with Crippen LogP contribution in [0.4, 0.5) is 0 Å². The van der Waals surface area contributed by atoms with E-state index in [-0.39, 0.29) is 29.8 Å². The van der Waals surface area contributed by atoms with Gasteiger partial charge in [-0.25, -0.2) is 8.42 Å². The molecule has 0 aliphatic carbocycles. The molecule has 1 heterocycles. The van der Waals surface area contributed by atoms with Crippen molar-refractivity contribution in [1.29, 1.82) is 0 Å². The minimum atomic E-state index is -3.21. The lowest BCUT2D eigenvalue weighted by atomic mass is 10.1. The first-order chi connectivity index (χ1) is 9.07. The molecule has 0 bridgehead atoms. The van der Waals surface area contributed by atoms with E-state index in [1.54, 1.807) is 24.3 Å². The highest BCUT2D eigenvalue weighted by atomic mass is 32.2. The molecule has 1 aliphatic rings. The number of rotatable bonds is 6. The topological polar surface area (TPSA) is 60.4 Å². The van der Waals surface area contributed by atoms with Crippen LogP contribution in [0.15, 0.2) is 30.3 Å². The fourth-order valence-electron chi connectivity index (χ4n) is 2.16. The Bertz CT molecular complexity index is 516. The van der Waals surface area contributed by atoms with E-state index in [0.29, 0.717) is 12.2 Å². The highest BCUT2D eigenvalue weighted by molar-refractivity contribution is 7.91. The molecule has 0 spiro atoms. The lowest BCUT2D eigenvalue weighted by molar-refractivity contribution is 0.0988. The SMILES string of the molecule is O=C(CCS(=O)(=O)CC1CCCO1)c1ccccc1. The molecule has 5 heteroatoms. The molecule has 1 atom stereocenters. The number of carbonyl (C=O) groups is 1. The van der Waals surface area contributed by atoms with Crippen LogP contribution in [0.1, 0.15) is 29.6 Å². The molecule has 0 aromatic heterocycles.